The number of nitrogens with zero attached hydrogens (tertiary/aromatic N) is 3. The summed E-state index contributed by atoms with van der Waals surface area (Å²) >= 11 is 6.10. The molecule has 8 heteroatoms. The van der Waals surface area contributed by atoms with Crippen molar-refractivity contribution < 1.29 is 8.42 Å². The first-order valence-electron chi connectivity index (χ1n) is 7.94. The molecule has 0 saturated heterocycles. The summed E-state index contributed by atoms with van der Waals surface area (Å²) in [5, 5.41) is 9.27. The third-order valence-corrected chi connectivity index (χ3v) is 5.48. The van der Waals surface area contributed by atoms with E-state index in [1.165, 1.54) is 12.1 Å². The van der Waals surface area contributed by atoms with Crippen molar-refractivity contribution in [3.63, 3.8) is 0 Å². The van der Waals surface area contributed by atoms with Crippen molar-refractivity contribution in [3.05, 3.63) is 70.4 Å². The van der Waals surface area contributed by atoms with Crippen LogP contribution >= 0.6 is 11.6 Å². The van der Waals surface area contributed by atoms with Crippen LogP contribution in [0.5, 0.6) is 0 Å². The third-order valence-electron chi connectivity index (χ3n) is 3.86. The number of anilines is 1. The van der Waals surface area contributed by atoms with Gasteiger partial charge < -0.3 is 0 Å². The van der Waals surface area contributed by atoms with E-state index in [1.54, 1.807) is 24.3 Å². The van der Waals surface area contributed by atoms with Gasteiger partial charge in [-0.1, -0.05) is 59.1 Å². The number of nitriles is 1. The average Bonchev–Trinajstić information content (AvgIpc) is 2.62. The highest BCUT2D eigenvalue weighted by atomic mass is 35.5. The van der Waals surface area contributed by atoms with E-state index in [9.17, 15) is 13.7 Å². The minimum atomic E-state index is -3.89. The predicted molar refractivity (Wildman–Crippen MR) is 104 cm³/mol. The molecule has 0 spiro atoms. The van der Waals surface area contributed by atoms with Crippen molar-refractivity contribution in [1.82, 2.24) is 9.97 Å². The molecule has 136 valence electrons. The Kier molecular flexibility index (Phi) is 5.13. The fraction of sp³-hybridized carbons (Fsp3) is 0.105. The van der Waals surface area contributed by atoms with Gasteiger partial charge in [0.05, 0.1) is 10.6 Å². The Bertz CT molecular complexity index is 1140. The summed E-state index contributed by atoms with van der Waals surface area (Å²) in [6.45, 7) is 3.80. The first-order valence-corrected chi connectivity index (χ1v) is 9.80. The van der Waals surface area contributed by atoms with Crippen molar-refractivity contribution in [2.45, 2.75) is 18.7 Å². The van der Waals surface area contributed by atoms with Crippen LogP contribution in [0.2, 0.25) is 5.15 Å². The number of halogens is 1. The van der Waals surface area contributed by atoms with Crippen molar-refractivity contribution in [2.75, 3.05) is 4.72 Å². The minimum absolute atomic E-state index is 0.0778. The molecule has 3 rings (SSSR count). The van der Waals surface area contributed by atoms with Gasteiger partial charge >= 0.3 is 0 Å². The second kappa shape index (κ2) is 7.35. The molecule has 1 aromatic heterocycles. The number of aryl methyl sites for hydroxylation is 2. The topological polar surface area (TPSA) is 95.7 Å². The third kappa shape index (κ3) is 4.08. The monoisotopic (exact) mass is 398 g/mol. The largest absolute Gasteiger partial charge is 0.264 e. The molecule has 0 unspecified atom stereocenters. The molecular formula is C19H15ClN4O2S. The quantitative estimate of drug-likeness (QED) is 0.668. The molecule has 0 radical (unpaired) electrons. The van der Waals surface area contributed by atoms with Crippen molar-refractivity contribution in [2.24, 2.45) is 0 Å². The number of benzene rings is 2. The van der Waals surface area contributed by atoms with Gasteiger partial charge in [-0.3, -0.25) is 0 Å². The molecule has 3 aromatic rings. The van der Waals surface area contributed by atoms with E-state index in [0.29, 0.717) is 5.56 Å². The van der Waals surface area contributed by atoms with Crippen LogP contribution in [-0.2, 0) is 10.0 Å². The Balaban J connectivity index is 2.05. The van der Waals surface area contributed by atoms with Gasteiger partial charge in [0.15, 0.2) is 5.15 Å². The highest BCUT2D eigenvalue weighted by Gasteiger charge is 2.20. The molecule has 6 nitrogen and oxygen atoms in total. The zero-order valence-corrected chi connectivity index (χ0v) is 16.1. The average molecular weight is 399 g/mol. The van der Waals surface area contributed by atoms with Crippen LogP contribution in [0.3, 0.4) is 0 Å². The number of aromatic nitrogens is 2. The maximum Gasteiger partial charge on any atom is 0.264 e. The minimum Gasteiger partial charge on any atom is -0.247 e. The molecule has 0 bridgehead atoms. The number of hydrogen-bond acceptors (Lipinski definition) is 5. The lowest BCUT2D eigenvalue weighted by Crippen LogP contribution is -2.16. The maximum atomic E-state index is 12.6. The van der Waals surface area contributed by atoms with Crippen molar-refractivity contribution in [3.8, 4) is 17.3 Å². The summed E-state index contributed by atoms with van der Waals surface area (Å²) < 4.78 is 27.5. The summed E-state index contributed by atoms with van der Waals surface area (Å²) in [4.78, 5) is 8.22. The van der Waals surface area contributed by atoms with E-state index in [0.717, 1.165) is 11.1 Å². The molecule has 1 N–H and O–H groups in total. The van der Waals surface area contributed by atoms with Crippen LogP contribution in [0.4, 0.5) is 5.95 Å². The predicted octanol–water partition coefficient (Wildman–Crippen LogP) is 4.09. The first-order chi connectivity index (χ1) is 12.8. The number of rotatable bonds is 4. The van der Waals surface area contributed by atoms with Crippen LogP contribution in [0, 0.1) is 25.2 Å². The van der Waals surface area contributed by atoms with Crippen LogP contribution in [0.15, 0.2) is 53.4 Å². The Morgan fingerprint density at radius 2 is 1.52 bits per heavy atom. The zero-order chi connectivity index (χ0) is 19.6. The lowest BCUT2D eigenvalue weighted by atomic mass is 10.1. The SMILES string of the molecule is Cc1ccc(-c2nc(NS(=O)(=O)c3ccc(C)cc3)nc(Cl)c2C#N)cc1. The van der Waals surface area contributed by atoms with Crippen LogP contribution in [0.1, 0.15) is 16.7 Å². The summed E-state index contributed by atoms with van der Waals surface area (Å²) in [5.41, 5.74) is 2.96. The summed E-state index contributed by atoms with van der Waals surface area (Å²) in [6.07, 6.45) is 0. The molecule has 1 heterocycles. The molecule has 0 fully saturated rings. The second-order valence-electron chi connectivity index (χ2n) is 5.96. The zero-order valence-electron chi connectivity index (χ0n) is 14.6. The highest BCUT2D eigenvalue weighted by Crippen LogP contribution is 2.28. The van der Waals surface area contributed by atoms with E-state index in [1.807, 2.05) is 32.0 Å². The summed E-state index contributed by atoms with van der Waals surface area (Å²) in [7, 11) is -3.89. The molecule has 0 aliphatic rings. The molecule has 0 aliphatic heterocycles. The molecule has 27 heavy (non-hydrogen) atoms. The molecule has 2 aromatic carbocycles. The Morgan fingerprint density at radius 3 is 2.07 bits per heavy atom. The van der Waals surface area contributed by atoms with Gasteiger partial charge in [0, 0.05) is 5.56 Å². The van der Waals surface area contributed by atoms with Gasteiger partial charge in [-0.25, -0.2) is 18.1 Å². The van der Waals surface area contributed by atoms with Gasteiger partial charge in [-0.05, 0) is 26.0 Å². The fourth-order valence-corrected chi connectivity index (χ4v) is 3.55. The van der Waals surface area contributed by atoms with Crippen LogP contribution in [-0.4, -0.2) is 18.4 Å². The number of nitrogens with one attached hydrogen (secondary N) is 1. The molecule has 0 atom stereocenters. The fourth-order valence-electron chi connectivity index (χ4n) is 2.39. The van der Waals surface area contributed by atoms with Crippen LogP contribution in [0.25, 0.3) is 11.3 Å². The highest BCUT2D eigenvalue weighted by molar-refractivity contribution is 7.92. The van der Waals surface area contributed by atoms with E-state index in [2.05, 4.69) is 14.7 Å². The maximum absolute atomic E-state index is 12.6. The second-order valence-corrected chi connectivity index (χ2v) is 8.00. The van der Waals surface area contributed by atoms with Crippen molar-refractivity contribution >= 4 is 27.6 Å². The first kappa shape index (κ1) is 18.8. The Hall–Kier alpha value is -2.95. The normalized spacial score (nSPS) is 11.0. The van der Waals surface area contributed by atoms with Crippen molar-refractivity contribution in [1.29, 1.82) is 5.26 Å². The lowest BCUT2D eigenvalue weighted by Gasteiger charge is -2.11. The number of sulfonamides is 1. The lowest BCUT2D eigenvalue weighted by molar-refractivity contribution is 0.601. The van der Waals surface area contributed by atoms with Gasteiger partial charge in [-0.15, -0.1) is 0 Å². The van der Waals surface area contributed by atoms with Gasteiger partial charge in [0.25, 0.3) is 10.0 Å². The standard InChI is InChI=1S/C19H15ClN4O2S/c1-12-3-7-14(8-4-12)17-16(11-21)18(20)23-19(22-17)24-27(25,26)15-9-5-13(2)6-10-15/h3-10H,1-2H3,(H,22,23,24). The smallest absolute Gasteiger partial charge is 0.247 e. The van der Waals surface area contributed by atoms with E-state index < -0.39 is 10.0 Å². The van der Waals surface area contributed by atoms with Gasteiger partial charge in [0.2, 0.25) is 5.95 Å². The van der Waals surface area contributed by atoms with Gasteiger partial charge in [-0.2, -0.15) is 10.2 Å². The number of hydrogen-bond donors (Lipinski definition) is 1. The molecule has 0 aliphatic carbocycles. The van der Waals surface area contributed by atoms with E-state index in [-0.39, 0.29) is 27.3 Å². The molecular weight excluding hydrogens is 384 g/mol. The van der Waals surface area contributed by atoms with E-state index >= 15 is 0 Å². The van der Waals surface area contributed by atoms with E-state index in [4.69, 9.17) is 11.6 Å². The van der Waals surface area contributed by atoms with Crippen LogP contribution < -0.4 is 4.72 Å². The summed E-state index contributed by atoms with van der Waals surface area (Å²) in [5.74, 6) is -0.199. The molecule has 0 amide bonds. The van der Waals surface area contributed by atoms with Gasteiger partial charge in [0.1, 0.15) is 11.6 Å². The Morgan fingerprint density at radius 1 is 0.963 bits per heavy atom. The molecule has 0 saturated carbocycles. The summed E-state index contributed by atoms with van der Waals surface area (Å²) in [6, 6.07) is 15.6. The Labute approximate surface area is 162 Å².